The highest BCUT2D eigenvalue weighted by atomic mass is 16.5. The molecular formula is C17H20O2. The van der Waals surface area contributed by atoms with Gasteiger partial charge in [0.05, 0.1) is 6.61 Å². The number of hydrogen-bond donors (Lipinski definition) is 1. The van der Waals surface area contributed by atoms with Gasteiger partial charge in [-0.25, -0.2) is 0 Å². The highest BCUT2D eigenvalue weighted by Crippen LogP contribution is 2.37. The van der Waals surface area contributed by atoms with Gasteiger partial charge in [0.2, 0.25) is 0 Å². The molecule has 2 aromatic rings. The molecule has 0 atom stereocenters. The van der Waals surface area contributed by atoms with E-state index in [0.717, 1.165) is 30.4 Å². The minimum absolute atomic E-state index is 0.206. The van der Waals surface area contributed by atoms with Gasteiger partial charge >= 0.3 is 0 Å². The second-order valence-corrected chi connectivity index (χ2v) is 4.58. The number of aromatic hydroxyl groups is 1. The molecule has 0 saturated carbocycles. The second kappa shape index (κ2) is 6.83. The van der Waals surface area contributed by atoms with Crippen LogP contribution in [0.3, 0.4) is 0 Å². The molecular weight excluding hydrogens is 236 g/mol. The molecule has 19 heavy (non-hydrogen) atoms. The average Bonchev–Trinajstić information content (AvgIpc) is 2.46. The van der Waals surface area contributed by atoms with E-state index in [9.17, 15) is 5.11 Å². The van der Waals surface area contributed by atoms with Crippen LogP contribution < -0.4 is 4.74 Å². The summed E-state index contributed by atoms with van der Waals surface area (Å²) in [6.07, 6.45) is 3.32. The van der Waals surface area contributed by atoms with Crippen molar-refractivity contribution in [2.45, 2.75) is 26.2 Å². The molecule has 0 bridgehead atoms. The lowest BCUT2D eigenvalue weighted by molar-refractivity contribution is 0.291. The average molecular weight is 256 g/mol. The van der Waals surface area contributed by atoms with E-state index < -0.39 is 0 Å². The zero-order valence-corrected chi connectivity index (χ0v) is 11.3. The van der Waals surface area contributed by atoms with Gasteiger partial charge in [0.1, 0.15) is 0 Å². The first kappa shape index (κ1) is 13.5. The third-order valence-corrected chi connectivity index (χ3v) is 3.07. The molecule has 0 aliphatic rings. The molecule has 0 radical (unpaired) electrons. The summed E-state index contributed by atoms with van der Waals surface area (Å²) >= 11 is 0. The van der Waals surface area contributed by atoms with E-state index >= 15 is 0 Å². The lowest BCUT2D eigenvalue weighted by atomic mass is 10.0. The molecule has 0 aliphatic heterocycles. The fraction of sp³-hybridized carbons (Fsp3) is 0.294. The zero-order chi connectivity index (χ0) is 13.5. The molecule has 0 fully saturated rings. The van der Waals surface area contributed by atoms with E-state index in [4.69, 9.17) is 4.74 Å². The maximum Gasteiger partial charge on any atom is 0.168 e. The minimum Gasteiger partial charge on any atom is -0.504 e. The first-order valence-corrected chi connectivity index (χ1v) is 6.83. The largest absolute Gasteiger partial charge is 0.504 e. The Kier molecular flexibility index (Phi) is 4.85. The molecule has 0 aliphatic carbocycles. The van der Waals surface area contributed by atoms with Crippen molar-refractivity contribution in [3.63, 3.8) is 0 Å². The third-order valence-electron chi connectivity index (χ3n) is 3.07. The number of rotatable bonds is 6. The number of phenolic OH excluding ortho intramolecular Hbond substituents is 1. The van der Waals surface area contributed by atoms with Crippen LogP contribution in [0.25, 0.3) is 11.1 Å². The van der Waals surface area contributed by atoms with Crippen LogP contribution >= 0.6 is 0 Å². The molecule has 1 N–H and O–H groups in total. The maximum atomic E-state index is 9.98. The first-order chi connectivity index (χ1) is 9.33. The van der Waals surface area contributed by atoms with Gasteiger partial charge < -0.3 is 9.84 Å². The van der Waals surface area contributed by atoms with E-state index in [1.807, 2.05) is 42.5 Å². The highest BCUT2D eigenvalue weighted by molar-refractivity contribution is 5.73. The molecule has 0 unspecified atom stereocenters. The van der Waals surface area contributed by atoms with Crippen molar-refractivity contribution in [1.82, 2.24) is 0 Å². The number of phenols is 1. The predicted molar refractivity (Wildman–Crippen MR) is 78.6 cm³/mol. The van der Waals surface area contributed by atoms with Crippen LogP contribution in [-0.2, 0) is 0 Å². The molecule has 2 nitrogen and oxygen atoms in total. The monoisotopic (exact) mass is 256 g/mol. The molecule has 0 spiro atoms. The summed E-state index contributed by atoms with van der Waals surface area (Å²) in [6, 6.07) is 15.5. The predicted octanol–water partition coefficient (Wildman–Crippen LogP) is 4.63. The fourth-order valence-corrected chi connectivity index (χ4v) is 2.05. The Morgan fingerprint density at radius 3 is 2.47 bits per heavy atom. The van der Waals surface area contributed by atoms with E-state index in [1.165, 1.54) is 0 Å². The van der Waals surface area contributed by atoms with Crippen molar-refractivity contribution < 1.29 is 9.84 Å². The van der Waals surface area contributed by atoms with E-state index in [-0.39, 0.29) is 5.75 Å². The Morgan fingerprint density at radius 2 is 1.74 bits per heavy atom. The van der Waals surface area contributed by atoms with Crippen molar-refractivity contribution in [2.75, 3.05) is 6.61 Å². The summed E-state index contributed by atoms with van der Waals surface area (Å²) < 4.78 is 5.77. The normalized spacial score (nSPS) is 10.4. The summed E-state index contributed by atoms with van der Waals surface area (Å²) in [5.74, 6) is 0.794. The van der Waals surface area contributed by atoms with Crippen LogP contribution in [0.1, 0.15) is 26.2 Å². The van der Waals surface area contributed by atoms with E-state index in [1.54, 1.807) is 6.07 Å². The number of benzene rings is 2. The number of hydrogen-bond acceptors (Lipinski definition) is 2. The second-order valence-electron chi connectivity index (χ2n) is 4.58. The molecule has 2 aromatic carbocycles. The van der Waals surface area contributed by atoms with Gasteiger partial charge in [-0.1, -0.05) is 62.2 Å². The lowest BCUT2D eigenvalue weighted by Crippen LogP contribution is -1.99. The summed E-state index contributed by atoms with van der Waals surface area (Å²) in [6.45, 7) is 2.81. The van der Waals surface area contributed by atoms with Crippen molar-refractivity contribution in [3.8, 4) is 22.6 Å². The van der Waals surface area contributed by atoms with Crippen LogP contribution in [-0.4, -0.2) is 11.7 Å². The Labute approximate surface area is 114 Å². The minimum atomic E-state index is 0.206. The number of ether oxygens (including phenoxy) is 1. The van der Waals surface area contributed by atoms with Gasteiger partial charge in [-0.15, -0.1) is 0 Å². The van der Waals surface area contributed by atoms with E-state index in [2.05, 4.69) is 6.92 Å². The van der Waals surface area contributed by atoms with Crippen LogP contribution in [0, 0.1) is 0 Å². The quantitative estimate of drug-likeness (QED) is 0.764. The Morgan fingerprint density at radius 1 is 0.947 bits per heavy atom. The van der Waals surface area contributed by atoms with Crippen molar-refractivity contribution in [2.24, 2.45) is 0 Å². The highest BCUT2D eigenvalue weighted by Gasteiger charge is 2.10. The summed E-state index contributed by atoms with van der Waals surface area (Å²) in [4.78, 5) is 0. The molecule has 2 rings (SSSR count). The molecule has 0 heterocycles. The molecule has 0 aromatic heterocycles. The number of unbranched alkanes of at least 4 members (excludes halogenated alkanes) is 2. The third kappa shape index (κ3) is 3.50. The SMILES string of the molecule is CCCCCOc1c(O)cccc1-c1ccccc1. The fourth-order valence-electron chi connectivity index (χ4n) is 2.05. The topological polar surface area (TPSA) is 29.5 Å². The molecule has 2 heteroatoms. The van der Waals surface area contributed by atoms with Crippen LogP contribution in [0.4, 0.5) is 0 Å². The molecule has 0 amide bonds. The van der Waals surface area contributed by atoms with Crippen LogP contribution in [0.5, 0.6) is 11.5 Å². The standard InChI is InChI=1S/C17H20O2/c1-2-3-7-13-19-17-15(11-8-12-16(17)18)14-9-5-4-6-10-14/h4-6,8-12,18H,2-3,7,13H2,1H3. The van der Waals surface area contributed by atoms with Gasteiger partial charge in [0.15, 0.2) is 11.5 Å². The van der Waals surface area contributed by atoms with Crippen molar-refractivity contribution in [1.29, 1.82) is 0 Å². The Bertz CT molecular complexity index is 506. The van der Waals surface area contributed by atoms with Crippen molar-refractivity contribution in [3.05, 3.63) is 48.5 Å². The zero-order valence-electron chi connectivity index (χ0n) is 11.3. The molecule has 100 valence electrons. The summed E-state index contributed by atoms with van der Waals surface area (Å²) in [5, 5.41) is 9.98. The Hall–Kier alpha value is -1.96. The van der Waals surface area contributed by atoms with Gasteiger partial charge in [-0.3, -0.25) is 0 Å². The lowest BCUT2D eigenvalue weighted by Gasteiger charge is -2.13. The van der Waals surface area contributed by atoms with Gasteiger partial charge in [0, 0.05) is 5.56 Å². The summed E-state index contributed by atoms with van der Waals surface area (Å²) in [5.41, 5.74) is 2.00. The van der Waals surface area contributed by atoms with E-state index in [0.29, 0.717) is 12.4 Å². The van der Waals surface area contributed by atoms with Crippen LogP contribution in [0.2, 0.25) is 0 Å². The first-order valence-electron chi connectivity index (χ1n) is 6.83. The Balaban J connectivity index is 2.21. The maximum absolute atomic E-state index is 9.98. The summed E-state index contributed by atoms with van der Waals surface area (Å²) in [7, 11) is 0. The van der Waals surface area contributed by atoms with Crippen molar-refractivity contribution >= 4 is 0 Å². The smallest absolute Gasteiger partial charge is 0.168 e. The van der Waals surface area contributed by atoms with Gasteiger partial charge in [-0.2, -0.15) is 0 Å². The number of para-hydroxylation sites is 1. The van der Waals surface area contributed by atoms with Gasteiger partial charge in [0.25, 0.3) is 0 Å². The van der Waals surface area contributed by atoms with Crippen LogP contribution in [0.15, 0.2) is 48.5 Å². The van der Waals surface area contributed by atoms with Gasteiger partial charge in [-0.05, 0) is 18.1 Å². The molecule has 0 saturated heterocycles.